The lowest BCUT2D eigenvalue weighted by atomic mass is 10.0. The number of imide groups is 1. The number of unbranched alkanes of at least 4 members (excludes halogenated alkanes) is 5. The lowest BCUT2D eigenvalue weighted by molar-refractivity contribution is -0.185. The van der Waals surface area contributed by atoms with E-state index in [9.17, 15) is 9.59 Å². The Morgan fingerprint density at radius 1 is 0.604 bits per heavy atom. The molecule has 2 amide bonds. The van der Waals surface area contributed by atoms with Crippen molar-refractivity contribution in [3.05, 3.63) is 143 Å². The molecule has 0 N–H and O–H groups in total. The van der Waals surface area contributed by atoms with Crippen molar-refractivity contribution < 1.29 is 38.0 Å². The van der Waals surface area contributed by atoms with E-state index in [4.69, 9.17) is 28.4 Å². The molecule has 0 radical (unpaired) electrons. The zero-order valence-electron chi connectivity index (χ0n) is 30.6. The molecule has 0 aromatic heterocycles. The first-order chi connectivity index (χ1) is 26.1. The molecule has 4 aromatic carbocycles. The van der Waals surface area contributed by atoms with Crippen molar-refractivity contribution in [2.75, 3.05) is 26.9 Å². The number of hydrogen-bond acceptors (Lipinski definition) is 8. The van der Waals surface area contributed by atoms with Crippen LogP contribution in [-0.4, -0.2) is 74.3 Å². The summed E-state index contributed by atoms with van der Waals surface area (Å²) in [5.74, 6) is -0.370. The van der Waals surface area contributed by atoms with Crippen LogP contribution in [0, 0.1) is 0 Å². The number of carbonyl (C=O) groups excluding carboxylic acids is 2. The molecule has 4 aromatic rings. The van der Waals surface area contributed by atoms with Crippen molar-refractivity contribution in [3.63, 3.8) is 0 Å². The van der Waals surface area contributed by atoms with Gasteiger partial charge in [-0.3, -0.25) is 14.5 Å². The summed E-state index contributed by atoms with van der Waals surface area (Å²) in [7, 11) is 1.63. The van der Waals surface area contributed by atoms with Gasteiger partial charge in [-0.1, -0.05) is 129 Å². The van der Waals surface area contributed by atoms with Crippen LogP contribution in [0.3, 0.4) is 0 Å². The van der Waals surface area contributed by atoms with E-state index in [-0.39, 0.29) is 11.8 Å². The monoisotopic (exact) mass is 721 g/mol. The van der Waals surface area contributed by atoms with E-state index in [1.54, 1.807) is 31.4 Å². The van der Waals surface area contributed by atoms with Crippen molar-refractivity contribution in [3.8, 4) is 0 Å². The molecule has 1 saturated heterocycles. The Bertz CT molecular complexity index is 1650. The Morgan fingerprint density at radius 3 is 1.74 bits per heavy atom. The molecule has 280 valence electrons. The first-order valence-electron chi connectivity index (χ1n) is 18.8. The van der Waals surface area contributed by atoms with Gasteiger partial charge in [-0.05, 0) is 41.7 Å². The number of amides is 2. The van der Waals surface area contributed by atoms with Crippen LogP contribution in [0.25, 0.3) is 0 Å². The van der Waals surface area contributed by atoms with Gasteiger partial charge in [-0.25, -0.2) is 0 Å². The SMILES string of the molecule is COC1O[C@H]([C@@H](COCc2ccccc2)OCc2ccccc2)[C@H](OCc2ccccc2)[C@H]1OCCCCCCCCN1C(=O)c2ccccc2C1=O. The van der Waals surface area contributed by atoms with Crippen LogP contribution in [0.4, 0.5) is 0 Å². The molecule has 6 rings (SSSR count). The molecule has 2 heterocycles. The van der Waals surface area contributed by atoms with E-state index in [2.05, 4.69) is 0 Å². The Hall–Kier alpha value is -4.22. The van der Waals surface area contributed by atoms with Gasteiger partial charge >= 0.3 is 0 Å². The molecule has 5 atom stereocenters. The maximum absolute atomic E-state index is 12.6. The second-order valence-corrected chi connectivity index (χ2v) is 13.6. The lowest BCUT2D eigenvalue weighted by Gasteiger charge is -2.29. The van der Waals surface area contributed by atoms with Crippen LogP contribution in [0.15, 0.2) is 115 Å². The van der Waals surface area contributed by atoms with Gasteiger partial charge in [-0.2, -0.15) is 0 Å². The van der Waals surface area contributed by atoms with Gasteiger partial charge in [0.1, 0.15) is 24.4 Å². The van der Waals surface area contributed by atoms with Gasteiger partial charge in [0, 0.05) is 20.3 Å². The molecule has 0 saturated carbocycles. The maximum atomic E-state index is 12.6. The van der Waals surface area contributed by atoms with Crippen LogP contribution in [-0.2, 0) is 48.2 Å². The zero-order chi connectivity index (χ0) is 36.7. The van der Waals surface area contributed by atoms with E-state index in [0.717, 1.165) is 55.2 Å². The van der Waals surface area contributed by atoms with Gasteiger partial charge in [0.25, 0.3) is 11.8 Å². The Kier molecular flexibility index (Phi) is 14.7. The van der Waals surface area contributed by atoms with Crippen molar-refractivity contribution in [1.29, 1.82) is 0 Å². The molecule has 0 aliphatic carbocycles. The van der Waals surface area contributed by atoms with E-state index in [1.165, 1.54) is 4.90 Å². The summed E-state index contributed by atoms with van der Waals surface area (Å²) < 4.78 is 38.3. The molecule has 0 spiro atoms. The first-order valence-corrected chi connectivity index (χ1v) is 18.8. The van der Waals surface area contributed by atoms with E-state index < -0.39 is 30.7 Å². The predicted octanol–water partition coefficient (Wildman–Crippen LogP) is 7.77. The number of methoxy groups -OCH3 is 1. The summed E-state index contributed by atoms with van der Waals surface area (Å²) in [4.78, 5) is 26.7. The summed E-state index contributed by atoms with van der Waals surface area (Å²) >= 11 is 0. The summed E-state index contributed by atoms with van der Waals surface area (Å²) in [6.07, 6.45) is 3.12. The molecule has 1 fully saturated rings. The van der Waals surface area contributed by atoms with Crippen molar-refractivity contribution >= 4 is 11.8 Å². The molecular formula is C44H51NO8. The highest BCUT2D eigenvalue weighted by Crippen LogP contribution is 2.32. The largest absolute Gasteiger partial charge is 0.374 e. The highest BCUT2D eigenvalue weighted by molar-refractivity contribution is 6.21. The molecule has 2 aliphatic rings. The van der Waals surface area contributed by atoms with Crippen LogP contribution >= 0.6 is 0 Å². The average molecular weight is 722 g/mol. The van der Waals surface area contributed by atoms with Crippen LogP contribution < -0.4 is 0 Å². The third-order valence-electron chi connectivity index (χ3n) is 9.76. The topological polar surface area (TPSA) is 92.8 Å². The summed E-state index contributed by atoms with van der Waals surface area (Å²) in [5, 5.41) is 0. The predicted molar refractivity (Wildman–Crippen MR) is 201 cm³/mol. The van der Waals surface area contributed by atoms with Gasteiger partial charge in [0.05, 0.1) is 37.6 Å². The molecule has 9 nitrogen and oxygen atoms in total. The average Bonchev–Trinajstić information content (AvgIpc) is 3.68. The fourth-order valence-corrected chi connectivity index (χ4v) is 6.89. The minimum Gasteiger partial charge on any atom is -0.374 e. The van der Waals surface area contributed by atoms with Gasteiger partial charge in [0.15, 0.2) is 6.29 Å². The van der Waals surface area contributed by atoms with Crippen molar-refractivity contribution in [2.45, 2.75) is 89.1 Å². The third kappa shape index (κ3) is 10.7. The minimum atomic E-state index is -0.639. The molecular weight excluding hydrogens is 670 g/mol. The zero-order valence-corrected chi connectivity index (χ0v) is 30.6. The summed E-state index contributed by atoms with van der Waals surface area (Å²) in [5.41, 5.74) is 4.20. The Morgan fingerprint density at radius 2 is 1.13 bits per heavy atom. The maximum Gasteiger partial charge on any atom is 0.261 e. The van der Waals surface area contributed by atoms with Crippen molar-refractivity contribution in [2.24, 2.45) is 0 Å². The number of benzene rings is 4. The Labute approximate surface area is 313 Å². The van der Waals surface area contributed by atoms with Crippen LogP contribution in [0.1, 0.15) is 75.9 Å². The highest BCUT2D eigenvalue weighted by atomic mass is 16.7. The molecule has 9 heteroatoms. The minimum absolute atomic E-state index is 0.185. The van der Waals surface area contributed by atoms with Gasteiger partial charge in [-0.15, -0.1) is 0 Å². The number of carbonyl (C=O) groups is 2. The number of nitrogens with zero attached hydrogens (tertiary/aromatic N) is 1. The number of hydrogen-bond donors (Lipinski definition) is 0. The standard InChI is InChI=1S/C44H51NO8/c1-48-44-41(50-28-18-5-3-2-4-17-27-45-42(46)36-25-15-16-26-37(36)43(45)47)40(52-31-35-23-13-8-14-24-35)39(53-44)38(51-30-34-21-11-7-12-22-34)32-49-29-33-19-9-6-10-20-33/h6-16,19-26,38-41,44H,2-5,17-18,27-32H2,1H3/t38-,39-,40+,41-,44?/m1/s1. The van der Waals surface area contributed by atoms with E-state index in [1.807, 2.05) is 91.0 Å². The molecule has 0 bridgehead atoms. The fourth-order valence-electron chi connectivity index (χ4n) is 6.89. The Balaban J connectivity index is 1.02. The second kappa shape index (κ2) is 20.3. The lowest BCUT2D eigenvalue weighted by Crippen LogP contribution is -2.45. The number of ether oxygens (including phenoxy) is 6. The van der Waals surface area contributed by atoms with Crippen LogP contribution in [0.5, 0.6) is 0 Å². The van der Waals surface area contributed by atoms with Gasteiger partial charge in [0.2, 0.25) is 0 Å². The van der Waals surface area contributed by atoms with E-state index in [0.29, 0.717) is 50.7 Å². The third-order valence-corrected chi connectivity index (χ3v) is 9.76. The molecule has 2 aliphatic heterocycles. The quantitative estimate of drug-likeness (QED) is 0.0601. The molecule has 1 unspecified atom stereocenters. The smallest absolute Gasteiger partial charge is 0.261 e. The van der Waals surface area contributed by atoms with Crippen LogP contribution in [0.2, 0.25) is 0 Å². The summed E-state index contributed by atoms with van der Waals surface area (Å²) in [6, 6.07) is 37.3. The first kappa shape index (κ1) is 38.5. The number of rotatable bonds is 22. The fraction of sp³-hybridized carbons (Fsp3) is 0.409. The van der Waals surface area contributed by atoms with E-state index >= 15 is 0 Å². The highest BCUT2D eigenvalue weighted by Gasteiger charge is 2.50. The normalized spacial score (nSPS) is 20.2. The van der Waals surface area contributed by atoms with Crippen molar-refractivity contribution in [1.82, 2.24) is 4.90 Å². The second-order valence-electron chi connectivity index (χ2n) is 13.6. The summed E-state index contributed by atoms with van der Waals surface area (Å²) in [6.45, 7) is 2.51. The molecule has 53 heavy (non-hydrogen) atoms. The number of fused-ring (bicyclic) bond motifs is 1. The van der Waals surface area contributed by atoms with Gasteiger partial charge < -0.3 is 28.4 Å².